The third kappa shape index (κ3) is 2.40. The normalized spacial score (nSPS) is 9.31. The smallest absolute Gasteiger partial charge is 0.161 e. The summed E-state index contributed by atoms with van der Waals surface area (Å²) in [5.74, 6) is 1.10. The topological polar surface area (TPSA) is 38.7 Å². The molecule has 1 rings (SSSR count). The van der Waals surface area contributed by atoms with Crippen molar-refractivity contribution in [2.24, 2.45) is 0 Å². The maximum atomic E-state index is 9.41. The Hall–Kier alpha value is -1.64. The summed E-state index contributed by atoms with van der Waals surface area (Å²) in [6.45, 7) is 3.88. The van der Waals surface area contributed by atoms with Crippen LogP contribution in [0.5, 0.6) is 17.2 Å². The summed E-state index contributed by atoms with van der Waals surface area (Å²) in [4.78, 5) is 0. The van der Waals surface area contributed by atoms with E-state index in [9.17, 15) is 5.11 Å². The number of hydrogen-bond donors (Lipinski definition) is 1. The van der Waals surface area contributed by atoms with Crippen LogP contribution in [0.25, 0.3) is 0 Å². The maximum absolute atomic E-state index is 9.41. The van der Waals surface area contributed by atoms with Crippen molar-refractivity contribution in [2.75, 3.05) is 13.7 Å². The first-order chi connectivity index (χ1) is 6.27. The van der Waals surface area contributed by atoms with Gasteiger partial charge in [-0.3, -0.25) is 0 Å². The molecular weight excluding hydrogens is 168 g/mol. The van der Waals surface area contributed by atoms with Gasteiger partial charge in [-0.2, -0.15) is 0 Å². The molecule has 0 aliphatic carbocycles. The molecular formula is C10H12O3. The van der Waals surface area contributed by atoms with Gasteiger partial charge in [-0.25, -0.2) is 0 Å². The Balaban J connectivity index is 2.78. The molecule has 0 saturated heterocycles. The van der Waals surface area contributed by atoms with E-state index in [1.807, 2.05) is 0 Å². The van der Waals surface area contributed by atoms with E-state index >= 15 is 0 Å². The molecule has 0 aliphatic rings. The van der Waals surface area contributed by atoms with Crippen LogP contribution in [0.15, 0.2) is 30.9 Å². The molecule has 1 aromatic rings. The van der Waals surface area contributed by atoms with Crippen LogP contribution in [0.1, 0.15) is 0 Å². The number of benzene rings is 1. The molecule has 1 aromatic carbocycles. The maximum Gasteiger partial charge on any atom is 0.161 e. The third-order valence-electron chi connectivity index (χ3n) is 1.52. The average molecular weight is 180 g/mol. The molecule has 3 nitrogen and oxygen atoms in total. The van der Waals surface area contributed by atoms with Crippen LogP contribution in [0.2, 0.25) is 0 Å². The molecule has 3 heteroatoms. The zero-order chi connectivity index (χ0) is 9.68. The predicted molar refractivity (Wildman–Crippen MR) is 50.4 cm³/mol. The lowest BCUT2D eigenvalue weighted by molar-refractivity contribution is 0.333. The molecule has 0 amide bonds. The molecule has 0 heterocycles. The molecule has 0 aromatic heterocycles. The van der Waals surface area contributed by atoms with Gasteiger partial charge in [0.15, 0.2) is 11.5 Å². The van der Waals surface area contributed by atoms with E-state index < -0.39 is 0 Å². The van der Waals surface area contributed by atoms with Crippen LogP contribution >= 0.6 is 0 Å². The van der Waals surface area contributed by atoms with E-state index in [0.29, 0.717) is 18.1 Å². The van der Waals surface area contributed by atoms with Gasteiger partial charge in [0.25, 0.3) is 0 Å². The van der Waals surface area contributed by atoms with E-state index in [1.165, 1.54) is 6.07 Å². The molecule has 1 N–H and O–H groups in total. The van der Waals surface area contributed by atoms with Crippen LogP contribution in [0.3, 0.4) is 0 Å². The Morgan fingerprint density at radius 3 is 2.85 bits per heavy atom. The van der Waals surface area contributed by atoms with E-state index in [-0.39, 0.29) is 5.75 Å². The second-order valence-corrected chi connectivity index (χ2v) is 2.43. The standard InChI is InChI=1S/C10H12O3/c1-3-6-13-10-5-4-8(12-2)7-9(10)11/h3-5,7,11H,1,6H2,2H3. The number of methoxy groups -OCH3 is 1. The van der Waals surface area contributed by atoms with E-state index in [0.717, 1.165) is 0 Å². The van der Waals surface area contributed by atoms with Crippen molar-refractivity contribution in [3.8, 4) is 17.2 Å². The third-order valence-corrected chi connectivity index (χ3v) is 1.52. The first-order valence-corrected chi connectivity index (χ1v) is 3.88. The highest BCUT2D eigenvalue weighted by Gasteiger charge is 2.02. The lowest BCUT2D eigenvalue weighted by atomic mass is 10.3. The first-order valence-electron chi connectivity index (χ1n) is 3.88. The second-order valence-electron chi connectivity index (χ2n) is 2.43. The fraction of sp³-hybridized carbons (Fsp3) is 0.200. The minimum absolute atomic E-state index is 0.0706. The summed E-state index contributed by atoms with van der Waals surface area (Å²) < 4.78 is 10.1. The number of phenolic OH excluding ortho intramolecular Hbond substituents is 1. The van der Waals surface area contributed by atoms with Crippen molar-refractivity contribution in [1.82, 2.24) is 0 Å². The number of ether oxygens (including phenoxy) is 2. The monoisotopic (exact) mass is 180 g/mol. The quantitative estimate of drug-likeness (QED) is 0.720. The Labute approximate surface area is 77.2 Å². The lowest BCUT2D eigenvalue weighted by Crippen LogP contribution is -1.93. The number of phenols is 1. The van der Waals surface area contributed by atoms with E-state index in [1.54, 1.807) is 25.3 Å². The van der Waals surface area contributed by atoms with Crippen LogP contribution < -0.4 is 9.47 Å². The van der Waals surface area contributed by atoms with Crippen molar-refractivity contribution in [3.05, 3.63) is 30.9 Å². The predicted octanol–water partition coefficient (Wildman–Crippen LogP) is 1.97. The Bertz CT molecular complexity index is 294. The highest BCUT2D eigenvalue weighted by atomic mass is 16.5. The SMILES string of the molecule is C=CCOc1ccc(OC)cc1O. The summed E-state index contributed by atoms with van der Waals surface area (Å²) in [5, 5.41) is 9.41. The summed E-state index contributed by atoms with van der Waals surface area (Å²) in [6, 6.07) is 4.87. The molecule has 13 heavy (non-hydrogen) atoms. The zero-order valence-electron chi connectivity index (χ0n) is 7.49. The van der Waals surface area contributed by atoms with Gasteiger partial charge in [-0.05, 0) is 12.1 Å². The molecule has 70 valence electrons. The van der Waals surface area contributed by atoms with E-state index in [4.69, 9.17) is 9.47 Å². The summed E-state index contributed by atoms with van der Waals surface area (Å²) in [7, 11) is 1.54. The molecule has 0 bridgehead atoms. The van der Waals surface area contributed by atoms with Gasteiger partial charge in [0.05, 0.1) is 7.11 Å². The number of hydrogen-bond acceptors (Lipinski definition) is 3. The Morgan fingerprint density at radius 1 is 1.54 bits per heavy atom. The van der Waals surface area contributed by atoms with Crippen LogP contribution in [-0.4, -0.2) is 18.8 Å². The fourth-order valence-corrected chi connectivity index (χ4v) is 0.895. The Morgan fingerprint density at radius 2 is 2.31 bits per heavy atom. The summed E-state index contributed by atoms with van der Waals surface area (Å²) in [6.07, 6.45) is 1.61. The summed E-state index contributed by atoms with van der Waals surface area (Å²) >= 11 is 0. The fourth-order valence-electron chi connectivity index (χ4n) is 0.895. The van der Waals surface area contributed by atoms with Gasteiger partial charge in [-0.15, -0.1) is 0 Å². The minimum Gasteiger partial charge on any atom is -0.504 e. The van der Waals surface area contributed by atoms with Crippen molar-refractivity contribution >= 4 is 0 Å². The summed E-state index contributed by atoms with van der Waals surface area (Å²) in [5.41, 5.74) is 0. The first kappa shape index (κ1) is 9.45. The molecule has 0 atom stereocenters. The highest BCUT2D eigenvalue weighted by Crippen LogP contribution is 2.29. The Kier molecular flexibility index (Phi) is 3.20. The molecule has 0 radical (unpaired) electrons. The minimum atomic E-state index is 0.0706. The molecule has 0 spiro atoms. The highest BCUT2D eigenvalue weighted by molar-refractivity contribution is 5.44. The number of aromatic hydroxyl groups is 1. The van der Waals surface area contributed by atoms with Crippen LogP contribution in [-0.2, 0) is 0 Å². The molecule has 0 fully saturated rings. The molecule has 0 aliphatic heterocycles. The number of rotatable bonds is 4. The van der Waals surface area contributed by atoms with Gasteiger partial charge in [0.2, 0.25) is 0 Å². The van der Waals surface area contributed by atoms with Gasteiger partial charge in [0, 0.05) is 6.07 Å². The van der Waals surface area contributed by atoms with Crippen molar-refractivity contribution in [3.63, 3.8) is 0 Å². The van der Waals surface area contributed by atoms with Crippen molar-refractivity contribution in [1.29, 1.82) is 0 Å². The van der Waals surface area contributed by atoms with Crippen molar-refractivity contribution in [2.45, 2.75) is 0 Å². The van der Waals surface area contributed by atoms with Crippen LogP contribution in [0, 0.1) is 0 Å². The second kappa shape index (κ2) is 4.40. The van der Waals surface area contributed by atoms with Gasteiger partial charge in [0.1, 0.15) is 12.4 Å². The van der Waals surface area contributed by atoms with Gasteiger partial charge >= 0.3 is 0 Å². The zero-order valence-corrected chi connectivity index (χ0v) is 7.49. The molecule has 0 unspecified atom stereocenters. The molecule has 0 saturated carbocycles. The van der Waals surface area contributed by atoms with Crippen molar-refractivity contribution < 1.29 is 14.6 Å². The average Bonchev–Trinajstić information content (AvgIpc) is 2.16. The van der Waals surface area contributed by atoms with E-state index in [2.05, 4.69) is 6.58 Å². The van der Waals surface area contributed by atoms with Gasteiger partial charge < -0.3 is 14.6 Å². The largest absolute Gasteiger partial charge is 0.504 e. The van der Waals surface area contributed by atoms with Crippen LogP contribution in [0.4, 0.5) is 0 Å². The van der Waals surface area contributed by atoms with Gasteiger partial charge in [-0.1, -0.05) is 12.7 Å². The lowest BCUT2D eigenvalue weighted by Gasteiger charge is -2.06.